The third-order valence-electron chi connectivity index (χ3n) is 2.62. The van der Waals surface area contributed by atoms with Gasteiger partial charge in [-0.15, -0.1) is 11.3 Å². The minimum Gasteiger partial charge on any atom is -0.397 e. The Balaban J connectivity index is 2.20. The summed E-state index contributed by atoms with van der Waals surface area (Å²) in [6.45, 7) is 0.300. The van der Waals surface area contributed by atoms with Gasteiger partial charge in [0, 0.05) is 17.0 Å². The molecule has 2 rings (SSSR count). The van der Waals surface area contributed by atoms with E-state index >= 15 is 0 Å². The van der Waals surface area contributed by atoms with Crippen LogP contribution in [0.15, 0.2) is 28.1 Å². The van der Waals surface area contributed by atoms with E-state index < -0.39 is 10.8 Å². The lowest BCUT2D eigenvalue weighted by Crippen LogP contribution is -2.23. The van der Waals surface area contributed by atoms with Gasteiger partial charge in [0.15, 0.2) is 0 Å². The molecule has 2 aromatic rings. The van der Waals surface area contributed by atoms with E-state index in [-0.39, 0.29) is 22.0 Å². The van der Waals surface area contributed by atoms with Crippen LogP contribution in [0, 0.1) is 10.1 Å². The van der Waals surface area contributed by atoms with Crippen LogP contribution in [0.2, 0.25) is 5.02 Å². The van der Waals surface area contributed by atoms with Crippen molar-refractivity contribution in [1.29, 1.82) is 0 Å². The fraction of sp³-hybridized carbons (Fsp3) is 0.0833. The van der Waals surface area contributed by atoms with Gasteiger partial charge in [-0.25, -0.2) is 0 Å². The molecule has 0 saturated carbocycles. The number of nitrogens with zero attached hydrogens (tertiary/aromatic N) is 1. The minimum atomic E-state index is -0.627. The Bertz CT molecular complexity index is 720. The lowest BCUT2D eigenvalue weighted by molar-refractivity contribution is -0.384. The summed E-state index contributed by atoms with van der Waals surface area (Å²) in [5.41, 5.74) is 5.44. The van der Waals surface area contributed by atoms with E-state index in [0.717, 1.165) is 20.8 Å². The average Bonchev–Trinajstić information content (AvgIpc) is 2.84. The van der Waals surface area contributed by atoms with Gasteiger partial charge in [0.2, 0.25) is 0 Å². The van der Waals surface area contributed by atoms with E-state index in [9.17, 15) is 14.9 Å². The molecule has 0 aliphatic rings. The molecule has 110 valence electrons. The topological polar surface area (TPSA) is 98.3 Å². The van der Waals surface area contributed by atoms with Gasteiger partial charge in [0.1, 0.15) is 0 Å². The summed E-state index contributed by atoms with van der Waals surface area (Å²) in [7, 11) is 0. The molecular formula is C12H9BrClN3O3S. The minimum absolute atomic E-state index is 0.00942. The number of carbonyl (C=O) groups is 1. The fourth-order valence-electron chi connectivity index (χ4n) is 1.61. The molecule has 0 bridgehead atoms. The molecule has 0 aliphatic heterocycles. The SMILES string of the molecule is Nc1c(Cl)cc([N+](=O)[O-])cc1C(=O)NCc1ccc(Br)s1. The van der Waals surface area contributed by atoms with Crippen LogP contribution >= 0.6 is 38.9 Å². The van der Waals surface area contributed by atoms with Gasteiger partial charge >= 0.3 is 0 Å². The number of rotatable bonds is 4. The molecule has 9 heteroatoms. The number of nitro benzene ring substituents is 1. The van der Waals surface area contributed by atoms with Gasteiger partial charge in [0.05, 0.1) is 31.5 Å². The van der Waals surface area contributed by atoms with Gasteiger partial charge in [-0.05, 0) is 28.1 Å². The molecule has 1 amide bonds. The highest BCUT2D eigenvalue weighted by Crippen LogP contribution is 2.29. The van der Waals surface area contributed by atoms with Crippen molar-refractivity contribution in [1.82, 2.24) is 5.32 Å². The number of hydrogen-bond acceptors (Lipinski definition) is 5. The van der Waals surface area contributed by atoms with Crippen LogP contribution in [-0.2, 0) is 6.54 Å². The molecule has 21 heavy (non-hydrogen) atoms. The Morgan fingerprint density at radius 2 is 2.19 bits per heavy atom. The van der Waals surface area contributed by atoms with Crippen molar-refractivity contribution < 1.29 is 9.72 Å². The van der Waals surface area contributed by atoms with Crippen LogP contribution in [0.3, 0.4) is 0 Å². The molecule has 1 aromatic heterocycles. The standard InChI is InChI=1S/C12H9BrClN3O3S/c13-10-2-1-7(21-10)5-16-12(18)8-3-6(17(19)20)4-9(14)11(8)15/h1-4H,5,15H2,(H,16,18). The zero-order valence-corrected chi connectivity index (χ0v) is 13.6. The highest BCUT2D eigenvalue weighted by Gasteiger charge is 2.18. The number of anilines is 1. The van der Waals surface area contributed by atoms with Gasteiger partial charge in [0.25, 0.3) is 11.6 Å². The van der Waals surface area contributed by atoms with Crippen LogP contribution in [-0.4, -0.2) is 10.8 Å². The number of benzene rings is 1. The molecule has 3 N–H and O–H groups in total. The van der Waals surface area contributed by atoms with Crippen LogP contribution in [0.25, 0.3) is 0 Å². The summed E-state index contributed by atoms with van der Waals surface area (Å²) >= 11 is 10.6. The second-order valence-corrected chi connectivity index (χ2v) is 6.99. The van der Waals surface area contributed by atoms with Crippen molar-refractivity contribution in [2.45, 2.75) is 6.54 Å². The highest BCUT2D eigenvalue weighted by atomic mass is 79.9. The summed E-state index contributed by atoms with van der Waals surface area (Å²) in [4.78, 5) is 23.2. The molecule has 6 nitrogen and oxygen atoms in total. The van der Waals surface area contributed by atoms with E-state index in [1.165, 1.54) is 11.3 Å². The van der Waals surface area contributed by atoms with Crippen LogP contribution in [0.4, 0.5) is 11.4 Å². The Morgan fingerprint density at radius 3 is 2.76 bits per heavy atom. The largest absolute Gasteiger partial charge is 0.397 e. The van der Waals surface area contributed by atoms with Crippen LogP contribution < -0.4 is 11.1 Å². The maximum absolute atomic E-state index is 12.1. The fourth-order valence-corrected chi connectivity index (χ4v) is 3.24. The predicted octanol–water partition coefficient (Wildman–Crippen LogP) is 3.58. The van der Waals surface area contributed by atoms with Crippen molar-refractivity contribution in [3.05, 3.63) is 53.6 Å². The van der Waals surface area contributed by atoms with Gasteiger partial charge in [-0.2, -0.15) is 0 Å². The number of thiophene rings is 1. The molecule has 0 saturated heterocycles. The Labute approximate surface area is 137 Å². The van der Waals surface area contributed by atoms with E-state index in [0.29, 0.717) is 6.54 Å². The number of nitro groups is 1. The van der Waals surface area contributed by atoms with Crippen molar-refractivity contribution >= 4 is 56.1 Å². The summed E-state index contributed by atoms with van der Waals surface area (Å²) in [6.07, 6.45) is 0. The van der Waals surface area contributed by atoms with Gasteiger partial charge < -0.3 is 11.1 Å². The summed E-state index contributed by atoms with van der Waals surface area (Å²) in [6, 6.07) is 5.95. The summed E-state index contributed by atoms with van der Waals surface area (Å²) in [5, 5.41) is 13.4. The smallest absolute Gasteiger partial charge is 0.271 e. The van der Waals surface area contributed by atoms with Gasteiger partial charge in [-0.3, -0.25) is 14.9 Å². The van der Waals surface area contributed by atoms with Crippen LogP contribution in [0.1, 0.15) is 15.2 Å². The van der Waals surface area contributed by atoms with Gasteiger partial charge in [-0.1, -0.05) is 11.6 Å². The molecule has 0 spiro atoms. The molecule has 0 atom stereocenters. The third kappa shape index (κ3) is 3.72. The number of amides is 1. The Morgan fingerprint density at radius 1 is 1.48 bits per heavy atom. The number of nitrogens with two attached hydrogens (primary N) is 1. The second-order valence-electron chi connectivity index (χ2n) is 4.03. The maximum Gasteiger partial charge on any atom is 0.271 e. The number of carbonyl (C=O) groups excluding carboxylic acids is 1. The Kier molecular flexibility index (Phi) is 4.81. The molecular weight excluding hydrogens is 382 g/mol. The first-order valence-electron chi connectivity index (χ1n) is 5.64. The van der Waals surface area contributed by atoms with E-state index in [1.807, 2.05) is 12.1 Å². The number of hydrogen-bond donors (Lipinski definition) is 2. The average molecular weight is 391 g/mol. The number of nitrogen functional groups attached to an aromatic ring is 1. The van der Waals surface area contributed by atoms with Crippen molar-refractivity contribution in [3.63, 3.8) is 0 Å². The Hall–Kier alpha value is -1.64. The molecule has 1 aromatic carbocycles. The second kappa shape index (κ2) is 6.42. The third-order valence-corrected chi connectivity index (χ3v) is 4.56. The van der Waals surface area contributed by atoms with E-state index in [2.05, 4.69) is 21.2 Å². The van der Waals surface area contributed by atoms with Crippen LogP contribution in [0.5, 0.6) is 0 Å². The lowest BCUT2D eigenvalue weighted by atomic mass is 10.1. The summed E-state index contributed by atoms with van der Waals surface area (Å²) < 4.78 is 0.949. The predicted molar refractivity (Wildman–Crippen MR) is 85.7 cm³/mol. The normalized spacial score (nSPS) is 10.4. The first-order chi connectivity index (χ1) is 9.88. The quantitative estimate of drug-likeness (QED) is 0.473. The van der Waals surface area contributed by atoms with Crippen molar-refractivity contribution in [3.8, 4) is 0 Å². The maximum atomic E-state index is 12.1. The van der Waals surface area contributed by atoms with Crippen molar-refractivity contribution in [2.24, 2.45) is 0 Å². The van der Waals surface area contributed by atoms with E-state index in [4.69, 9.17) is 17.3 Å². The number of non-ortho nitro benzene ring substituents is 1. The molecule has 0 unspecified atom stereocenters. The molecule has 0 aliphatic carbocycles. The van der Waals surface area contributed by atoms with Crippen molar-refractivity contribution in [2.75, 3.05) is 5.73 Å². The number of halogens is 2. The van der Waals surface area contributed by atoms with E-state index in [1.54, 1.807) is 0 Å². The monoisotopic (exact) mass is 389 g/mol. The zero-order chi connectivity index (χ0) is 15.6. The first-order valence-corrected chi connectivity index (χ1v) is 7.63. The first kappa shape index (κ1) is 15.7. The molecule has 1 heterocycles. The zero-order valence-electron chi connectivity index (χ0n) is 10.4. The number of nitrogens with one attached hydrogen (secondary N) is 1. The molecule has 0 fully saturated rings. The summed E-state index contributed by atoms with van der Waals surface area (Å²) in [5.74, 6) is -0.511. The lowest BCUT2D eigenvalue weighted by Gasteiger charge is -2.08. The molecule has 0 radical (unpaired) electrons. The highest BCUT2D eigenvalue weighted by molar-refractivity contribution is 9.11.